The Bertz CT molecular complexity index is 856. The van der Waals surface area contributed by atoms with Crippen LogP contribution in [0.1, 0.15) is 18.1 Å². The molecule has 2 N–H and O–H groups in total. The molecule has 0 aromatic heterocycles. The van der Waals surface area contributed by atoms with Crippen LogP contribution in [0.3, 0.4) is 0 Å². The predicted octanol–water partition coefficient (Wildman–Crippen LogP) is 3.07. The first kappa shape index (κ1) is 17.8. The van der Waals surface area contributed by atoms with Crippen LogP contribution in [0.15, 0.2) is 41.3 Å². The van der Waals surface area contributed by atoms with Crippen LogP contribution in [0, 0.1) is 13.8 Å². The average Bonchev–Trinajstić information content (AvgIpc) is 2.50. The standard InChI is InChI=1S/C17H20N2O4S/c1-11-6-5-7-12(2)17(11)19-24(21,22)14-8-9-16(23-4)15(10-14)18-13(3)20/h5-10,19H,1-4H3,(H,18,20). The number of ether oxygens (including phenoxy) is 1. The maximum absolute atomic E-state index is 12.7. The number of carbonyl (C=O) groups is 1. The molecule has 0 aliphatic rings. The van der Waals surface area contributed by atoms with Gasteiger partial charge in [-0.3, -0.25) is 9.52 Å². The van der Waals surface area contributed by atoms with E-state index in [1.807, 2.05) is 32.0 Å². The zero-order chi connectivity index (χ0) is 17.9. The number of benzene rings is 2. The molecule has 6 nitrogen and oxygen atoms in total. The molecule has 0 heterocycles. The second-order valence-electron chi connectivity index (χ2n) is 5.42. The summed E-state index contributed by atoms with van der Waals surface area (Å²) in [5.41, 5.74) is 2.51. The molecule has 0 aliphatic heterocycles. The second-order valence-corrected chi connectivity index (χ2v) is 7.10. The lowest BCUT2D eigenvalue weighted by molar-refractivity contribution is -0.114. The van der Waals surface area contributed by atoms with Crippen molar-refractivity contribution in [2.45, 2.75) is 25.7 Å². The van der Waals surface area contributed by atoms with Gasteiger partial charge in [0.2, 0.25) is 5.91 Å². The maximum atomic E-state index is 12.7. The molecule has 0 radical (unpaired) electrons. The van der Waals surface area contributed by atoms with Crippen LogP contribution in [-0.2, 0) is 14.8 Å². The van der Waals surface area contributed by atoms with Crippen molar-refractivity contribution >= 4 is 27.3 Å². The molecule has 1 amide bonds. The molecule has 0 saturated carbocycles. The zero-order valence-corrected chi connectivity index (χ0v) is 14.8. The van der Waals surface area contributed by atoms with Crippen molar-refractivity contribution in [3.63, 3.8) is 0 Å². The molecule has 0 fully saturated rings. The summed E-state index contributed by atoms with van der Waals surface area (Å²) in [6, 6.07) is 9.84. The number of hydrogen-bond acceptors (Lipinski definition) is 4. The Morgan fingerprint density at radius 1 is 1.08 bits per heavy atom. The van der Waals surface area contributed by atoms with Gasteiger partial charge in [0.1, 0.15) is 5.75 Å². The molecular formula is C17H20N2O4S. The lowest BCUT2D eigenvalue weighted by Gasteiger charge is -2.15. The normalized spacial score (nSPS) is 11.0. The van der Waals surface area contributed by atoms with Crippen molar-refractivity contribution in [1.82, 2.24) is 0 Å². The summed E-state index contributed by atoms with van der Waals surface area (Å²) in [6.45, 7) is 5.01. The highest BCUT2D eigenvalue weighted by Crippen LogP contribution is 2.29. The van der Waals surface area contributed by atoms with E-state index in [4.69, 9.17) is 4.74 Å². The minimum Gasteiger partial charge on any atom is -0.495 e. The topological polar surface area (TPSA) is 84.5 Å². The lowest BCUT2D eigenvalue weighted by Crippen LogP contribution is -2.15. The Morgan fingerprint density at radius 3 is 2.25 bits per heavy atom. The smallest absolute Gasteiger partial charge is 0.261 e. The Labute approximate surface area is 141 Å². The third-order valence-electron chi connectivity index (χ3n) is 3.51. The molecule has 2 aromatic carbocycles. The maximum Gasteiger partial charge on any atom is 0.261 e. The van der Waals surface area contributed by atoms with E-state index in [0.29, 0.717) is 17.1 Å². The SMILES string of the molecule is COc1ccc(S(=O)(=O)Nc2c(C)cccc2C)cc1NC(C)=O. The summed E-state index contributed by atoms with van der Waals surface area (Å²) in [6.07, 6.45) is 0. The van der Waals surface area contributed by atoms with Crippen molar-refractivity contribution in [2.24, 2.45) is 0 Å². The number of aryl methyl sites for hydroxylation is 2. The fraction of sp³-hybridized carbons (Fsp3) is 0.235. The summed E-state index contributed by atoms with van der Waals surface area (Å²) in [4.78, 5) is 11.3. The summed E-state index contributed by atoms with van der Waals surface area (Å²) in [5.74, 6) is 0.0711. The van der Waals surface area contributed by atoms with Gasteiger partial charge in [-0.1, -0.05) is 18.2 Å². The van der Waals surface area contributed by atoms with Crippen molar-refractivity contribution in [1.29, 1.82) is 0 Å². The molecule has 128 valence electrons. The average molecular weight is 348 g/mol. The van der Waals surface area contributed by atoms with Gasteiger partial charge in [-0.05, 0) is 43.2 Å². The molecule has 0 aliphatic carbocycles. The van der Waals surface area contributed by atoms with Crippen LogP contribution in [0.5, 0.6) is 5.75 Å². The van der Waals surface area contributed by atoms with Crippen LogP contribution in [0.4, 0.5) is 11.4 Å². The molecule has 0 saturated heterocycles. The van der Waals surface area contributed by atoms with Crippen LogP contribution >= 0.6 is 0 Å². The first-order chi connectivity index (χ1) is 11.2. The number of sulfonamides is 1. The van der Waals surface area contributed by atoms with Gasteiger partial charge in [0, 0.05) is 6.92 Å². The van der Waals surface area contributed by atoms with Gasteiger partial charge in [-0.2, -0.15) is 0 Å². The zero-order valence-electron chi connectivity index (χ0n) is 14.0. The highest BCUT2D eigenvalue weighted by molar-refractivity contribution is 7.92. The van der Waals surface area contributed by atoms with E-state index in [1.54, 1.807) is 0 Å². The Kier molecular flexibility index (Phi) is 5.14. The van der Waals surface area contributed by atoms with E-state index < -0.39 is 10.0 Å². The monoisotopic (exact) mass is 348 g/mol. The summed E-state index contributed by atoms with van der Waals surface area (Å²) >= 11 is 0. The van der Waals surface area contributed by atoms with Crippen molar-refractivity contribution in [3.05, 3.63) is 47.5 Å². The van der Waals surface area contributed by atoms with Crippen LogP contribution < -0.4 is 14.8 Å². The van der Waals surface area contributed by atoms with Gasteiger partial charge in [-0.15, -0.1) is 0 Å². The predicted molar refractivity (Wildman–Crippen MR) is 94.0 cm³/mol. The van der Waals surface area contributed by atoms with E-state index in [0.717, 1.165) is 11.1 Å². The van der Waals surface area contributed by atoms with Gasteiger partial charge < -0.3 is 10.1 Å². The Morgan fingerprint density at radius 2 is 1.71 bits per heavy atom. The van der Waals surface area contributed by atoms with E-state index >= 15 is 0 Å². The number of rotatable bonds is 5. The number of carbonyl (C=O) groups excluding carboxylic acids is 1. The molecule has 24 heavy (non-hydrogen) atoms. The van der Waals surface area contributed by atoms with Crippen LogP contribution in [0.2, 0.25) is 0 Å². The number of anilines is 2. The van der Waals surface area contributed by atoms with Gasteiger partial charge in [0.15, 0.2) is 0 Å². The third-order valence-corrected chi connectivity index (χ3v) is 4.86. The molecule has 0 bridgehead atoms. The number of nitrogens with one attached hydrogen (secondary N) is 2. The van der Waals surface area contributed by atoms with Crippen LogP contribution in [-0.4, -0.2) is 21.4 Å². The first-order valence-corrected chi connectivity index (χ1v) is 8.77. The number of amides is 1. The van der Waals surface area contributed by atoms with Crippen molar-refractivity contribution in [3.8, 4) is 5.75 Å². The Balaban J connectivity index is 2.44. The van der Waals surface area contributed by atoms with Gasteiger partial charge in [0.05, 0.1) is 23.4 Å². The third kappa shape index (κ3) is 3.86. The van der Waals surface area contributed by atoms with Crippen molar-refractivity contribution < 1.29 is 17.9 Å². The molecule has 0 atom stereocenters. The number of hydrogen-bond donors (Lipinski definition) is 2. The summed E-state index contributed by atoms with van der Waals surface area (Å²) in [5, 5.41) is 2.57. The molecule has 7 heteroatoms. The minimum absolute atomic E-state index is 0.0368. The second kappa shape index (κ2) is 6.92. The van der Waals surface area contributed by atoms with E-state index in [-0.39, 0.29) is 10.8 Å². The number of methoxy groups -OCH3 is 1. The summed E-state index contributed by atoms with van der Waals surface area (Å²) in [7, 11) is -2.35. The largest absolute Gasteiger partial charge is 0.495 e. The summed E-state index contributed by atoms with van der Waals surface area (Å²) < 4.78 is 33.1. The van der Waals surface area contributed by atoms with Gasteiger partial charge >= 0.3 is 0 Å². The minimum atomic E-state index is -3.80. The highest BCUT2D eigenvalue weighted by atomic mass is 32.2. The highest BCUT2D eigenvalue weighted by Gasteiger charge is 2.19. The first-order valence-electron chi connectivity index (χ1n) is 7.29. The molecule has 2 aromatic rings. The van der Waals surface area contributed by atoms with Crippen molar-refractivity contribution in [2.75, 3.05) is 17.1 Å². The molecule has 0 spiro atoms. The van der Waals surface area contributed by atoms with Gasteiger partial charge in [-0.25, -0.2) is 8.42 Å². The lowest BCUT2D eigenvalue weighted by atomic mass is 10.1. The fourth-order valence-corrected chi connectivity index (χ4v) is 3.54. The van der Waals surface area contributed by atoms with Crippen LogP contribution in [0.25, 0.3) is 0 Å². The Hall–Kier alpha value is -2.54. The van der Waals surface area contributed by atoms with Gasteiger partial charge in [0.25, 0.3) is 10.0 Å². The molecule has 2 rings (SSSR count). The van der Waals surface area contributed by atoms with E-state index in [9.17, 15) is 13.2 Å². The molecule has 0 unspecified atom stereocenters. The van der Waals surface area contributed by atoms with E-state index in [1.165, 1.54) is 32.2 Å². The molecular weight excluding hydrogens is 328 g/mol. The van der Waals surface area contributed by atoms with E-state index in [2.05, 4.69) is 10.0 Å². The number of para-hydroxylation sites is 1. The fourth-order valence-electron chi connectivity index (χ4n) is 2.31. The quantitative estimate of drug-likeness (QED) is 0.870.